The summed E-state index contributed by atoms with van der Waals surface area (Å²) in [5, 5.41) is 21.0. The van der Waals surface area contributed by atoms with Gasteiger partial charge in [0.15, 0.2) is 0 Å². The predicted molar refractivity (Wildman–Crippen MR) is 91.2 cm³/mol. The van der Waals surface area contributed by atoms with Gasteiger partial charge in [0.1, 0.15) is 0 Å². The van der Waals surface area contributed by atoms with Crippen molar-refractivity contribution >= 4 is 0 Å². The molecule has 19 heavy (non-hydrogen) atoms. The monoisotopic (exact) mass is 448 g/mol. The van der Waals surface area contributed by atoms with E-state index in [9.17, 15) is 0 Å². The summed E-state index contributed by atoms with van der Waals surface area (Å²) in [5.74, 6) is 0. The van der Waals surface area contributed by atoms with E-state index in [4.69, 9.17) is 0 Å². The topological polar surface area (TPSA) is 84.6 Å². The van der Waals surface area contributed by atoms with Crippen LogP contribution in [0.1, 0.15) is 0 Å². The predicted octanol–water partition coefficient (Wildman–Crippen LogP) is 3.72. The smallest absolute Gasteiger partial charge is 0.668 e. The van der Waals surface area contributed by atoms with Crippen molar-refractivity contribution in [3.63, 3.8) is 0 Å². The number of nitrogens with zero attached hydrogens (tertiary/aromatic N) is 6. The molecule has 6 nitrogen and oxygen atoms in total. The third kappa shape index (κ3) is 24800. The van der Waals surface area contributed by atoms with Crippen LogP contribution in [0.15, 0.2) is 0 Å². The summed E-state index contributed by atoms with van der Waals surface area (Å²) in [5.41, 5.74) is 0. The van der Waals surface area contributed by atoms with Gasteiger partial charge < -0.3 is 31.9 Å². The van der Waals surface area contributed by atoms with Gasteiger partial charge >= 0.3 is 21.1 Å². The fourth-order valence-corrected chi connectivity index (χ4v) is 0. The summed E-state index contributed by atoms with van der Waals surface area (Å²) in [6.45, 7) is 0. The average Bonchev–Trinajstić information content (AvgIpc) is 2.23. The molecule has 0 fully saturated rings. The zero-order valence-electron chi connectivity index (χ0n) is 15.1. The summed E-state index contributed by atoms with van der Waals surface area (Å²) in [6.07, 6.45) is 0. The molecule has 0 unspecified atom stereocenters. The van der Waals surface area contributed by atoms with Crippen LogP contribution in [0.25, 0.3) is 31.9 Å². The van der Waals surface area contributed by atoms with Gasteiger partial charge in [0.05, 0.1) is 0 Å². The van der Waals surface area contributed by atoms with E-state index in [2.05, 4.69) is 31.9 Å². The van der Waals surface area contributed by atoms with Crippen molar-refractivity contribution < 1.29 is 21.1 Å². The second-order valence-electron chi connectivity index (χ2n) is 2.68. The number of rotatable bonds is 0. The van der Waals surface area contributed by atoms with Gasteiger partial charge in [-0.25, -0.2) is 0 Å². The minimum Gasteiger partial charge on any atom is -0.668 e. The van der Waals surface area contributed by atoms with Crippen molar-refractivity contribution in [3.8, 4) is 0 Å². The Morgan fingerprint density at radius 1 is 0.263 bits per heavy atom. The zero-order valence-corrected chi connectivity index (χ0v) is 18.0. The summed E-state index contributed by atoms with van der Waals surface area (Å²) in [6, 6.07) is 0. The Morgan fingerprint density at radius 3 is 0.263 bits per heavy atom. The van der Waals surface area contributed by atoms with Crippen LogP contribution in [0.2, 0.25) is 0 Å². The van der Waals surface area contributed by atoms with Crippen LogP contribution in [-0.4, -0.2) is 84.6 Å². The van der Waals surface area contributed by atoms with Gasteiger partial charge in [-0.1, -0.05) is 0 Å². The van der Waals surface area contributed by atoms with E-state index < -0.39 is 0 Å². The fraction of sp³-hybridized carbons (Fsp3) is 1.00. The molecule has 7 heteroatoms. The van der Waals surface area contributed by atoms with Crippen molar-refractivity contribution in [2.45, 2.75) is 0 Å². The molecule has 0 bridgehead atoms. The maximum Gasteiger partial charge on any atom is 6.00 e. The van der Waals surface area contributed by atoms with Gasteiger partial charge in [-0.3, -0.25) is 0 Å². The third-order valence-electron chi connectivity index (χ3n) is 0. The minimum atomic E-state index is 0. The van der Waals surface area contributed by atoms with Crippen LogP contribution >= 0.6 is 0 Å². The molecule has 0 rings (SSSR count). The maximum absolute atomic E-state index is 3.50. The van der Waals surface area contributed by atoms with Gasteiger partial charge in [0.2, 0.25) is 0 Å². The van der Waals surface area contributed by atoms with Crippen LogP contribution < -0.4 is 0 Å². The molecule has 0 heterocycles. The van der Waals surface area contributed by atoms with E-state index >= 15 is 0 Å². The van der Waals surface area contributed by atoms with Gasteiger partial charge in [0.25, 0.3) is 0 Å². The molecule has 120 valence electrons. The molecule has 0 aliphatic rings. The molecule has 0 saturated heterocycles. The molecule has 0 N–H and O–H groups in total. The summed E-state index contributed by atoms with van der Waals surface area (Å²) < 4.78 is 0. The molecule has 0 aromatic heterocycles. The quantitative estimate of drug-likeness (QED) is 0.541. The maximum atomic E-state index is 3.50. The van der Waals surface area contributed by atoms with Gasteiger partial charge in [-0.05, 0) is 0 Å². The first-order valence-electron chi connectivity index (χ1n) is 5.37. The van der Waals surface area contributed by atoms with Gasteiger partial charge in [0, 0.05) is 0 Å². The molecule has 0 amide bonds. The van der Waals surface area contributed by atoms with E-state index in [-0.39, 0.29) is 21.1 Å². The molecule has 0 saturated carbocycles. The second-order valence-corrected chi connectivity index (χ2v) is 2.68. The molecule has 0 atom stereocenters. The molecule has 0 aliphatic heterocycles. The number of hydrogen-bond acceptors (Lipinski definition) is 0. The molecule has 0 aromatic rings. The summed E-state index contributed by atoms with van der Waals surface area (Å²) in [4.78, 5) is 0. The van der Waals surface area contributed by atoms with Crippen molar-refractivity contribution in [2.24, 2.45) is 0 Å². The number of hydrogen-bond donors (Lipinski definition) is 0. The fourth-order valence-electron chi connectivity index (χ4n) is 0. The average molecular weight is 448 g/mol. The third-order valence-corrected chi connectivity index (χ3v) is 0. The SMILES string of the molecule is C[N-]C.C[N-]C.C[N-]C.C[N-]C.C[N-]C.C[N-]C.[W+6]. The molecular weight excluding hydrogens is 412 g/mol. The van der Waals surface area contributed by atoms with Crippen LogP contribution in [0, 0.1) is 0 Å². The van der Waals surface area contributed by atoms with E-state index in [1.165, 1.54) is 0 Å². The van der Waals surface area contributed by atoms with E-state index in [1.807, 2.05) is 0 Å². The molecule has 0 aliphatic carbocycles. The standard InChI is InChI=1S/6C2H6N.W/c6*1-3-2;/h6*1-2H3;/q6*-1;+6. The normalized spacial score (nSPS) is 5.68. The Bertz CT molecular complexity index is 37.7. The van der Waals surface area contributed by atoms with Crippen LogP contribution in [0.3, 0.4) is 0 Å². The van der Waals surface area contributed by atoms with Crippen LogP contribution in [-0.2, 0) is 21.1 Å². The van der Waals surface area contributed by atoms with Crippen molar-refractivity contribution in [3.05, 3.63) is 31.9 Å². The largest absolute Gasteiger partial charge is 6.00 e. The van der Waals surface area contributed by atoms with Crippen molar-refractivity contribution in [2.75, 3.05) is 84.6 Å². The van der Waals surface area contributed by atoms with E-state index in [1.54, 1.807) is 84.6 Å². The van der Waals surface area contributed by atoms with Crippen molar-refractivity contribution in [1.82, 2.24) is 0 Å². The Labute approximate surface area is 137 Å². The Hall–Kier alpha value is 0.448. The van der Waals surface area contributed by atoms with E-state index in [0.29, 0.717) is 0 Å². The molecule has 0 radical (unpaired) electrons. The van der Waals surface area contributed by atoms with Gasteiger partial charge in [-0.2, -0.15) is 84.6 Å². The molecule has 0 aromatic carbocycles. The molecular formula is C12H36N6W. The van der Waals surface area contributed by atoms with Crippen LogP contribution in [0.5, 0.6) is 0 Å². The Balaban J connectivity index is -0.0000000180. The van der Waals surface area contributed by atoms with Crippen molar-refractivity contribution in [1.29, 1.82) is 0 Å². The Kier molecular flexibility index (Phi) is 304. The zero-order chi connectivity index (χ0) is 16.2. The first-order valence-corrected chi connectivity index (χ1v) is 5.37. The second kappa shape index (κ2) is 135. The van der Waals surface area contributed by atoms with Gasteiger partial charge in [-0.15, -0.1) is 0 Å². The first-order chi connectivity index (χ1) is 8.49. The van der Waals surface area contributed by atoms with Crippen LogP contribution in [0.4, 0.5) is 0 Å². The summed E-state index contributed by atoms with van der Waals surface area (Å²) >= 11 is 0. The minimum absolute atomic E-state index is 0. The molecule has 0 spiro atoms. The Morgan fingerprint density at radius 2 is 0.263 bits per heavy atom. The van der Waals surface area contributed by atoms with E-state index in [0.717, 1.165) is 0 Å². The summed E-state index contributed by atoms with van der Waals surface area (Å²) in [7, 11) is 21.0. The first kappa shape index (κ1) is 42.7.